The van der Waals surface area contributed by atoms with Gasteiger partial charge in [-0.3, -0.25) is 18.5 Å². The lowest BCUT2D eigenvalue weighted by Crippen LogP contribution is -2.40. The lowest BCUT2D eigenvalue weighted by molar-refractivity contribution is 0.653. The zero-order chi connectivity index (χ0) is 21.1. The van der Waals surface area contributed by atoms with Crippen molar-refractivity contribution in [3.8, 4) is 0 Å². The van der Waals surface area contributed by atoms with Gasteiger partial charge in [0.05, 0.1) is 13.1 Å². The van der Waals surface area contributed by atoms with E-state index in [0.29, 0.717) is 36.7 Å². The SMILES string of the molecule is Cn1c(=O)n(Cc2ccccc2)c(=O)c2c1nc(NCCN)n2Cc1ccccc1. The average Bonchev–Trinajstić information content (AvgIpc) is 3.13. The summed E-state index contributed by atoms with van der Waals surface area (Å²) in [7, 11) is 1.64. The molecule has 154 valence electrons. The van der Waals surface area contributed by atoms with Crippen LogP contribution in [0, 0.1) is 0 Å². The molecule has 8 heteroatoms. The van der Waals surface area contributed by atoms with Gasteiger partial charge in [-0.25, -0.2) is 4.79 Å². The molecule has 30 heavy (non-hydrogen) atoms. The average molecular weight is 404 g/mol. The minimum absolute atomic E-state index is 0.199. The van der Waals surface area contributed by atoms with Crippen LogP contribution in [0.25, 0.3) is 11.2 Å². The third kappa shape index (κ3) is 3.65. The Morgan fingerprint density at radius 2 is 1.47 bits per heavy atom. The quantitative estimate of drug-likeness (QED) is 0.485. The Morgan fingerprint density at radius 1 is 0.900 bits per heavy atom. The monoisotopic (exact) mass is 404 g/mol. The van der Waals surface area contributed by atoms with Gasteiger partial charge in [0, 0.05) is 20.1 Å². The van der Waals surface area contributed by atoms with Gasteiger partial charge in [0.25, 0.3) is 5.56 Å². The molecule has 0 aliphatic heterocycles. The summed E-state index contributed by atoms with van der Waals surface area (Å²) in [5.41, 5.74) is 7.53. The van der Waals surface area contributed by atoms with Gasteiger partial charge >= 0.3 is 5.69 Å². The molecule has 0 saturated carbocycles. The van der Waals surface area contributed by atoms with Gasteiger partial charge in [0.15, 0.2) is 11.2 Å². The van der Waals surface area contributed by atoms with Crippen molar-refractivity contribution < 1.29 is 0 Å². The topological polar surface area (TPSA) is 99.9 Å². The summed E-state index contributed by atoms with van der Waals surface area (Å²) < 4.78 is 4.51. The highest BCUT2D eigenvalue weighted by molar-refractivity contribution is 5.74. The summed E-state index contributed by atoms with van der Waals surface area (Å²) in [6.07, 6.45) is 0. The molecule has 3 N–H and O–H groups in total. The van der Waals surface area contributed by atoms with Crippen molar-refractivity contribution in [2.45, 2.75) is 13.1 Å². The highest BCUT2D eigenvalue weighted by Crippen LogP contribution is 2.18. The van der Waals surface area contributed by atoms with Gasteiger partial charge in [-0.2, -0.15) is 4.98 Å². The Labute approximate surface area is 173 Å². The number of hydrogen-bond acceptors (Lipinski definition) is 5. The smallest absolute Gasteiger partial charge is 0.332 e. The largest absolute Gasteiger partial charge is 0.354 e. The van der Waals surface area contributed by atoms with Crippen LogP contribution in [0.1, 0.15) is 11.1 Å². The van der Waals surface area contributed by atoms with Gasteiger partial charge in [-0.05, 0) is 11.1 Å². The molecule has 0 bridgehead atoms. The van der Waals surface area contributed by atoms with Crippen LogP contribution >= 0.6 is 0 Å². The summed E-state index contributed by atoms with van der Waals surface area (Å²) in [5, 5.41) is 3.18. The Hall–Kier alpha value is -3.65. The van der Waals surface area contributed by atoms with Crippen LogP contribution in [0.2, 0.25) is 0 Å². The number of nitrogens with one attached hydrogen (secondary N) is 1. The third-order valence-electron chi connectivity index (χ3n) is 5.03. The first-order valence-corrected chi connectivity index (χ1v) is 9.82. The molecule has 4 aromatic rings. The molecule has 0 saturated heterocycles. The second-order valence-corrected chi connectivity index (χ2v) is 7.11. The maximum Gasteiger partial charge on any atom is 0.332 e. The normalized spacial score (nSPS) is 11.1. The Kier molecular flexibility index (Phi) is 5.49. The molecular formula is C22H24N6O2. The van der Waals surface area contributed by atoms with E-state index < -0.39 is 5.69 Å². The first kappa shape index (κ1) is 19.7. The van der Waals surface area contributed by atoms with E-state index in [1.165, 1.54) is 9.13 Å². The molecule has 4 rings (SSSR count). The van der Waals surface area contributed by atoms with Crippen molar-refractivity contribution in [1.82, 2.24) is 18.7 Å². The van der Waals surface area contributed by atoms with Crippen molar-refractivity contribution in [2.24, 2.45) is 12.8 Å². The summed E-state index contributed by atoms with van der Waals surface area (Å²) in [6.45, 7) is 1.57. The first-order chi connectivity index (χ1) is 14.6. The van der Waals surface area contributed by atoms with Crippen LogP contribution in [0.15, 0.2) is 70.3 Å². The van der Waals surface area contributed by atoms with E-state index in [1.807, 2.05) is 65.2 Å². The molecule has 0 unspecified atom stereocenters. The maximum absolute atomic E-state index is 13.4. The predicted molar refractivity (Wildman–Crippen MR) is 118 cm³/mol. The van der Waals surface area contributed by atoms with Crippen LogP contribution < -0.4 is 22.3 Å². The van der Waals surface area contributed by atoms with Crippen LogP contribution in [0.5, 0.6) is 0 Å². The number of nitrogens with zero attached hydrogens (tertiary/aromatic N) is 4. The molecule has 0 aliphatic carbocycles. The zero-order valence-electron chi connectivity index (χ0n) is 16.8. The summed E-state index contributed by atoms with van der Waals surface area (Å²) in [4.78, 5) is 30.9. The molecule has 2 aromatic heterocycles. The third-order valence-corrected chi connectivity index (χ3v) is 5.03. The number of hydrogen-bond donors (Lipinski definition) is 2. The van der Waals surface area contributed by atoms with Crippen LogP contribution in [0.4, 0.5) is 5.95 Å². The van der Waals surface area contributed by atoms with Gasteiger partial charge in [-0.15, -0.1) is 0 Å². The Morgan fingerprint density at radius 3 is 2.03 bits per heavy atom. The fourth-order valence-corrected chi connectivity index (χ4v) is 3.52. The minimum atomic E-state index is -0.397. The highest BCUT2D eigenvalue weighted by Gasteiger charge is 2.20. The van der Waals surface area contributed by atoms with Crippen LogP contribution in [0.3, 0.4) is 0 Å². The Balaban J connectivity index is 1.92. The van der Waals surface area contributed by atoms with Gasteiger partial charge < -0.3 is 11.1 Å². The van der Waals surface area contributed by atoms with E-state index in [1.54, 1.807) is 7.05 Å². The van der Waals surface area contributed by atoms with E-state index in [4.69, 9.17) is 5.73 Å². The van der Waals surface area contributed by atoms with Crippen molar-refractivity contribution in [2.75, 3.05) is 18.4 Å². The molecule has 0 atom stereocenters. The van der Waals surface area contributed by atoms with Crippen molar-refractivity contribution in [3.63, 3.8) is 0 Å². The number of fused-ring (bicyclic) bond motifs is 1. The summed E-state index contributed by atoms with van der Waals surface area (Å²) in [6, 6.07) is 19.3. The van der Waals surface area contributed by atoms with Gasteiger partial charge in [0.1, 0.15) is 0 Å². The molecule has 0 fully saturated rings. The highest BCUT2D eigenvalue weighted by atomic mass is 16.2. The molecule has 0 amide bonds. The summed E-state index contributed by atoms with van der Waals surface area (Å²) >= 11 is 0. The van der Waals surface area contributed by atoms with E-state index in [0.717, 1.165) is 11.1 Å². The van der Waals surface area contributed by atoms with Crippen molar-refractivity contribution in [3.05, 3.63) is 92.6 Å². The Bertz CT molecular complexity index is 1270. The number of benzene rings is 2. The lowest BCUT2D eigenvalue weighted by Gasteiger charge is -2.12. The van der Waals surface area contributed by atoms with E-state index in [-0.39, 0.29) is 12.1 Å². The first-order valence-electron chi connectivity index (χ1n) is 9.82. The van der Waals surface area contributed by atoms with Crippen LogP contribution in [-0.4, -0.2) is 31.8 Å². The molecule has 2 aromatic carbocycles. The number of aromatic nitrogens is 4. The number of aryl methyl sites for hydroxylation is 1. The van der Waals surface area contributed by atoms with Crippen LogP contribution in [-0.2, 0) is 20.1 Å². The molecule has 0 radical (unpaired) electrons. The fraction of sp³-hybridized carbons (Fsp3) is 0.227. The lowest BCUT2D eigenvalue weighted by atomic mass is 10.2. The number of rotatable bonds is 7. The standard InChI is InChI=1S/C22H24N6O2/c1-26-19-18(20(29)28(22(26)30)15-17-10-6-3-7-11-17)27(21(25-19)24-13-12-23)14-16-8-4-2-5-9-16/h2-11H,12-15,23H2,1H3,(H,24,25). The summed E-state index contributed by atoms with van der Waals surface area (Å²) in [5.74, 6) is 0.517. The van der Waals surface area contributed by atoms with E-state index in [9.17, 15) is 9.59 Å². The zero-order valence-corrected chi connectivity index (χ0v) is 16.8. The number of imidazole rings is 1. The molecular weight excluding hydrogens is 380 g/mol. The van der Waals surface area contributed by atoms with Gasteiger partial charge in [-0.1, -0.05) is 60.7 Å². The number of anilines is 1. The molecule has 0 aliphatic rings. The van der Waals surface area contributed by atoms with E-state index >= 15 is 0 Å². The number of nitrogens with two attached hydrogens (primary N) is 1. The molecule has 8 nitrogen and oxygen atoms in total. The second-order valence-electron chi connectivity index (χ2n) is 7.11. The molecule has 2 heterocycles. The van der Waals surface area contributed by atoms with Crippen molar-refractivity contribution >= 4 is 17.1 Å². The maximum atomic E-state index is 13.4. The van der Waals surface area contributed by atoms with E-state index in [2.05, 4.69) is 10.3 Å². The minimum Gasteiger partial charge on any atom is -0.354 e. The molecule has 0 spiro atoms. The van der Waals surface area contributed by atoms with Crippen molar-refractivity contribution in [1.29, 1.82) is 0 Å². The second kappa shape index (κ2) is 8.38. The fourth-order valence-electron chi connectivity index (χ4n) is 3.52. The predicted octanol–water partition coefficient (Wildman–Crippen LogP) is 1.36. The van der Waals surface area contributed by atoms with Gasteiger partial charge in [0.2, 0.25) is 5.95 Å².